The Hall–Kier alpha value is -2.15. The van der Waals surface area contributed by atoms with Crippen LogP contribution < -0.4 is 4.74 Å². The van der Waals surface area contributed by atoms with Crippen molar-refractivity contribution in [1.82, 2.24) is 0 Å². The Balaban J connectivity index is 2.50. The fourth-order valence-electron chi connectivity index (χ4n) is 1.81. The average molecular weight is 239 g/mol. The van der Waals surface area contributed by atoms with Gasteiger partial charge in [-0.3, -0.25) is 10.1 Å². The van der Waals surface area contributed by atoms with Crippen LogP contribution in [-0.4, -0.2) is 27.2 Å². The van der Waals surface area contributed by atoms with Crippen LogP contribution in [0.3, 0.4) is 0 Å². The van der Waals surface area contributed by atoms with Gasteiger partial charge in [0.05, 0.1) is 11.0 Å². The van der Waals surface area contributed by atoms with E-state index in [2.05, 4.69) is 0 Å². The van der Waals surface area contributed by atoms with Gasteiger partial charge >= 0.3 is 5.97 Å². The number of aliphatic hydroxyl groups is 1. The summed E-state index contributed by atoms with van der Waals surface area (Å²) in [5, 5.41) is 29.5. The van der Waals surface area contributed by atoms with Gasteiger partial charge in [0.2, 0.25) is 6.10 Å². The first kappa shape index (κ1) is 11.3. The van der Waals surface area contributed by atoms with E-state index in [4.69, 9.17) is 9.84 Å². The maximum absolute atomic E-state index is 10.9. The van der Waals surface area contributed by atoms with Gasteiger partial charge in [-0.1, -0.05) is 0 Å². The minimum absolute atomic E-state index is 0.0246. The predicted molar refractivity (Wildman–Crippen MR) is 54.7 cm³/mol. The molecule has 0 radical (unpaired) electrons. The van der Waals surface area contributed by atoms with Gasteiger partial charge in [0.25, 0.3) is 5.69 Å². The zero-order chi connectivity index (χ0) is 12.8. The number of nitro benzene ring substituents is 1. The fourth-order valence-corrected chi connectivity index (χ4v) is 1.81. The average Bonchev–Trinajstić information content (AvgIpc) is 2.50. The highest BCUT2D eigenvalue weighted by Crippen LogP contribution is 2.42. The third-order valence-electron chi connectivity index (χ3n) is 2.70. The first-order valence-corrected chi connectivity index (χ1v) is 4.75. The Morgan fingerprint density at radius 3 is 2.76 bits per heavy atom. The van der Waals surface area contributed by atoms with Crippen LogP contribution in [0, 0.1) is 10.1 Å². The van der Waals surface area contributed by atoms with Crippen LogP contribution >= 0.6 is 0 Å². The molecule has 7 heteroatoms. The molecule has 1 heterocycles. The van der Waals surface area contributed by atoms with Gasteiger partial charge in [-0.05, 0) is 13.0 Å². The lowest BCUT2D eigenvalue weighted by Crippen LogP contribution is -2.41. The Morgan fingerprint density at radius 2 is 2.24 bits per heavy atom. The fraction of sp³-hybridized carbons (Fsp3) is 0.300. The number of carboxylic acid groups (broad SMARTS) is 1. The van der Waals surface area contributed by atoms with E-state index in [1.165, 1.54) is 19.1 Å². The minimum Gasteiger partial charge on any atom is -0.478 e. The third-order valence-corrected chi connectivity index (χ3v) is 2.70. The van der Waals surface area contributed by atoms with Crippen molar-refractivity contribution in [3.05, 3.63) is 33.9 Å². The van der Waals surface area contributed by atoms with Crippen LogP contribution in [0.25, 0.3) is 0 Å². The lowest BCUT2D eigenvalue weighted by Gasteiger charge is -2.20. The highest BCUT2D eigenvalue weighted by Gasteiger charge is 2.48. The van der Waals surface area contributed by atoms with Crippen molar-refractivity contribution in [3.63, 3.8) is 0 Å². The van der Waals surface area contributed by atoms with Crippen LogP contribution in [-0.2, 0) is 10.4 Å². The zero-order valence-corrected chi connectivity index (χ0v) is 8.78. The van der Waals surface area contributed by atoms with Gasteiger partial charge in [0, 0.05) is 11.6 Å². The molecule has 1 aromatic carbocycles. The second kappa shape index (κ2) is 3.42. The molecule has 0 saturated carbocycles. The molecule has 0 bridgehead atoms. The van der Waals surface area contributed by atoms with Crippen molar-refractivity contribution in [1.29, 1.82) is 0 Å². The van der Waals surface area contributed by atoms with Gasteiger partial charge < -0.3 is 14.9 Å². The zero-order valence-electron chi connectivity index (χ0n) is 8.78. The summed E-state index contributed by atoms with van der Waals surface area (Å²) in [5.74, 6) is -1.30. The van der Waals surface area contributed by atoms with E-state index in [-0.39, 0.29) is 17.0 Å². The molecule has 0 saturated heterocycles. The van der Waals surface area contributed by atoms with E-state index < -0.39 is 22.6 Å². The Morgan fingerprint density at radius 1 is 1.59 bits per heavy atom. The molecule has 2 rings (SSSR count). The molecule has 0 amide bonds. The van der Waals surface area contributed by atoms with Gasteiger partial charge in [0.1, 0.15) is 11.4 Å². The van der Waals surface area contributed by atoms with Crippen molar-refractivity contribution in [2.24, 2.45) is 0 Å². The summed E-state index contributed by atoms with van der Waals surface area (Å²) in [5.41, 5.74) is -1.68. The molecule has 0 fully saturated rings. The van der Waals surface area contributed by atoms with Gasteiger partial charge in [0.15, 0.2) is 0 Å². The predicted octanol–water partition coefficient (Wildman–Crippen LogP) is 0.648. The topological polar surface area (TPSA) is 110 Å². The van der Waals surface area contributed by atoms with Crippen LogP contribution in [0.4, 0.5) is 5.69 Å². The van der Waals surface area contributed by atoms with Gasteiger partial charge in [-0.15, -0.1) is 0 Å². The number of carboxylic acids is 1. The third kappa shape index (κ3) is 1.60. The molecular weight excluding hydrogens is 230 g/mol. The number of carbonyl (C=O) groups is 1. The second-order valence-electron chi connectivity index (χ2n) is 3.92. The Kier molecular flexibility index (Phi) is 2.28. The normalized spacial score (nSPS) is 26.1. The van der Waals surface area contributed by atoms with E-state index in [0.717, 1.165) is 6.07 Å². The van der Waals surface area contributed by atoms with Crippen molar-refractivity contribution >= 4 is 11.7 Å². The van der Waals surface area contributed by atoms with Crippen molar-refractivity contribution < 1.29 is 24.7 Å². The van der Waals surface area contributed by atoms with E-state index in [1.54, 1.807) is 0 Å². The number of nitrogens with zero attached hydrogens (tertiary/aromatic N) is 1. The number of aliphatic carboxylic acids is 1. The lowest BCUT2D eigenvalue weighted by atomic mass is 9.92. The molecule has 1 aromatic rings. The summed E-state index contributed by atoms with van der Waals surface area (Å²) in [6, 6.07) is 3.60. The molecule has 1 aliphatic heterocycles. The number of non-ortho nitro benzene ring substituents is 1. The quantitative estimate of drug-likeness (QED) is 0.579. The molecular formula is C10H9NO6. The van der Waals surface area contributed by atoms with Crippen molar-refractivity contribution in [2.75, 3.05) is 0 Å². The largest absolute Gasteiger partial charge is 0.478 e. The number of nitro groups is 1. The molecule has 90 valence electrons. The number of fused-ring (bicyclic) bond motifs is 1. The Labute approximate surface area is 95.4 Å². The summed E-state index contributed by atoms with van der Waals surface area (Å²) >= 11 is 0. The monoisotopic (exact) mass is 239 g/mol. The van der Waals surface area contributed by atoms with Crippen molar-refractivity contribution in [3.8, 4) is 5.75 Å². The van der Waals surface area contributed by atoms with Crippen molar-refractivity contribution in [2.45, 2.75) is 18.6 Å². The van der Waals surface area contributed by atoms with Gasteiger partial charge in [-0.25, -0.2) is 4.79 Å². The number of benzene rings is 1. The summed E-state index contributed by atoms with van der Waals surface area (Å²) < 4.78 is 5.02. The molecule has 7 nitrogen and oxygen atoms in total. The first-order chi connectivity index (χ1) is 7.84. The standard InChI is InChI=1S/C10H9NO6/c1-10(14)6-3-2-5(11(15)16)4-7(6)17-8(10)9(12)13/h2-4,8,14H,1H3,(H,12,13)/t8-,10-/m1/s1. The number of rotatable bonds is 2. The highest BCUT2D eigenvalue weighted by molar-refractivity contribution is 5.77. The van der Waals surface area contributed by atoms with E-state index >= 15 is 0 Å². The summed E-state index contributed by atoms with van der Waals surface area (Å²) in [4.78, 5) is 20.8. The Bertz CT molecular complexity index is 510. The van der Waals surface area contributed by atoms with Crippen LogP contribution in [0.5, 0.6) is 5.75 Å². The number of hydrogen-bond acceptors (Lipinski definition) is 5. The summed E-state index contributed by atoms with van der Waals surface area (Å²) in [6.07, 6.45) is -1.46. The highest BCUT2D eigenvalue weighted by atomic mass is 16.6. The molecule has 2 N–H and O–H groups in total. The molecule has 17 heavy (non-hydrogen) atoms. The van der Waals surface area contributed by atoms with E-state index in [0.29, 0.717) is 0 Å². The number of hydrogen-bond donors (Lipinski definition) is 2. The lowest BCUT2D eigenvalue weighted by molar-refractivity contribution is -0.384. The molecule has 0 aliphatic carbocycles. The smallest absolute Gasteiger partial charge is 0.348 e. The maximum atomic E-state index is 10.9. The molecule has 0 unspecified atom stereocenters. The second-order valence-corrected chi connectivity index (χ2v) is 3.92. The minimum atomic E-state index is -1.70. The number of ether oxygens (including phenoxy) is 1. The molecule has 1 aliphatic rings. The first-order valence-electron chi connectivity index (χ1n) is 4.75. The molecule has 0 aromatic heterocycles. The summed E-state index contributed by atoms with van der Waals surface area (Å²) in [6.45, 7) is 1.30. The van der Waals surface area contributed by atoms with Gasteiger partial charge in [-0.2, -0.15) is 0 Å². The maximum Gasteiger partial charge on any atom is 0.348 e. The summed E-state index contributed by atoms with van der Waals surface area (Å²) in [7, 11) is 0. The van der Waals surface area contributed by atoms with Crippen LogP contribution in [0.2, 0.25) is 0 Å². The van der Waals surface area contributed by atoms with Crippen LogP contribution in [0.15, 0.2) is 18.2 Å². The van der Waals surface area contributed by atoms with Crippen LogP contribution in [0.1, 0.15) is 12.5 Å². The molecule has 0 spiro atoms. The SMILES string of the molecule is C[C@@]1(O)c2ccc([N+](=O)[O-])cc2O[C@@H]1C(=O)O. The van der Waals surface area contributed by atoms with E-state index in [1.807, 2.05) is 0 Å². The van der Waals surface area contributed by atoms with E-state index in [9.17, 15) is 20.0 Å². The molecule has 2 atom stereocenters.